The minimum absolute atomic E-state index is 0.0299. The van der Waals surface area contributed by atoms with Crippen molar-refractivity contribution in [1.82, 2.24) is 15.6 Å². The summed E-state index contributed by atoms with van der Waals surface area (Å²) in [7, 11) is -3.64. The zero-order valence-corrected chi connectivity index (χ0v) is 13.4. The lowest BCUT2D eigenvalue weighted by molar-refractivity contribution is 0.495. The lowest BCUT2D eigenvalue weighted by Crippen LogP contribution is -2.23. The molecular formula is C13H14N4O3S2. The van der Waals surface area contributed by atoms with Gasteiger partial charge in [-0.2, -0.15) is 5.10 Å². The molecular weight excluding hydrogens is 324 g/mol. The van der Waals surface area contributed by atoms with Crippen LogP contribution in [0.3, 0.4) is 0 Å². The molecule has 3 rings (SSSR count). The molecule has 0 unspecified atom stereocenters. The number of H-pyrrole nitrogens is 1. The SMILES string of the molecule is Cc1ccc([C@H]2CNN=C2S(=O)(=O)Cc2n[nH]c(=S)o2)cc1. The van der Waals surface area contributed by atoms with Crippen molar-refractivity contribution in [3.63, 3.8) is 0 Å². The van der Waals surface area contributed by atoms with Crippen molar-refractivity contribution >= 4 is 27.1 Å². The van der Waals surface area contributed by atoms with Gasteiger partial charge in [0.2, 0.25) is 15.7 Å². The van der Waals surface area contributed by atoms with Crippen molar-refractivity contribution in [3.8, 4) is 0 Å². The Morgan fingerprint density at radius 2 is 2.09 bits per heavy atom. The monoisotopic (exact) mass is 338 g/mol. The zero-order chi connectivity index (χ0) is 15.7. The van der Waals surface area contributed by atoms with Crippen molar-refractivity contribution in [2.24, 2.45) is 5.10 Å². The average Bonchev–Trinajstić information content (AvgIpc) is 3.09. The van der Waals surface area contributed by atoms with Gasteiger partial charge in [-0.15, -0.1) is 5.10 Å². The molecule has 1 atom stereocenters. The summed E-state index contributed by atoms with van der Waals surface area (Å²) < 4.78 is 30.1. The van der Waals surface area contributed by atoms with Crippen LogP contribution in [0.25, 0.3) is 0 Å². The highest BCUT2D eigenvalue weighted by Crippen LogP contribution is 2.25. The van der Waals surface area contributed by atoms with Gasteiger partial charge < -0.3 is 9.84 Å². The summed E-state index contributed by atoms with van der Waals surface area (Å²) in [5.74, 6) is -0.655. The van der Waals surface area contributed by atoms with Gasteiger partial charge in [-0.1, -0.05) is 29.8 Å². The van der Waals surface area contributed by atoms with Gasteiger partial charge in [-0.25, -0.2) is 13.5 Å². The number of hydrogen-bond donors (Lipinski definition) is 2. The Labute approximate surface area is 132 Å². The summed E-state index contributed by atoms with van der Waals surface area (Å²) in [5, 5.41) is 10.2. The van der Waals surface area contributed by atoms with E-state index in [1.54, 1.807) is 0 Å². The van der Waals surface area contributed by atoms with Gasteiger partial charge in [0.25, 0.3) is 4.84 Å². The normalized spacial score (nSPS) is 18.0. The van der Waals surface area contributed by atoms with Gasteiger partial charge in [0.1, 0.15) is 5.75 Å². The van der Waals surface area contributed by atoms with E-state index in [-0.39, 0.29) is 27.4 Å². The van der Waals surface area contributed by atoms with Crippen LogP contribution in [0.2, 0.25) is 0 Å². The predicted octanol–water partition coefficient (Wildman–Crippen LogP) is 1.66. The van der Waals surface area contributed by atoms with E-state index >= 15 is 0 Å². The fraction of sp³-hybridized carbons (Fsp3) is 0.308. The highest BCUT2D eigenvalue weighted by molar-refractivity contribution is 8.05. The number of hydrazone groups is 1. The molecule has 116 valence electrons. The van der Waals surface area contributed by atoms with Crippen LogP contribution in [0.1, 0.15) is 22.9 Å². The van der Waals surface area contributed by atoms with E-state index < -0.39 is 9.84 Å². The quantitative estimate of drug-likeness (QED) is 0.826. The maximum Gasteiger partial charge on any atom is 0.284 e. The molecule has 1 aromatic carbocycles. The van der Waals surface area contributed by atoms with Crippen LogP contribution in [0, 0.1) is 11.8 Å². The maximum absolute atomic E-state index is 12.5. The second-order valence-electron chi connectivity index (χ2n) is 5.04. The first kappa shape index (κ1) is 14.9. The van der Waals surface area contributed by atoms with Crippen LogP contribution in [-0.2, 0) is 15.6 Å². The van der Waals surface area contributed by atoms with Crippen LogP contribution in [0.4, 0.5) is 0 Å². The fourth-order valence-electron chi connectivity index (χ4n) is 2.28. The molecule has 2 N–H and O–H groups in total. The summed E-state index contributed by atoms with van der Waals surface area (Å²) >= 11 is 4.75. The van der Waals surface area contributed by atoms with Crippen LogP contribution in [0.5, 0.6) is 0 Å². The molecule has 1 aromatic heterocycles. The van der Waals surface area contributed by atoms with E-state index in [1.165, 1.54) is 0 Å². The van der Waals surface area contributed by atoms with Gasteiger partial charge in [-0.3, -0.25) is 0 Å². The molecule has 7 nitrogen and oxygen atoms in total. The smallest absolute Gasteiger partial charge is 0.284 e. The van der Waals surface area contributed by atoms with Crippen LogP contribution in [0.15, 0.2) is 33.8 Å². The number of sulfone groups is 1. The Kier molecular flexibility index (Phi) is 3.83. The summed E-state index contributed by atoms with van der Waals surface area (Å²) in [5.41, 5.74) is 4.78. The van der Waals surface area contributed by atoms with E-state index in [1.807, 2.05) is 31.2 Å². The topological polar surface area (TPSA) is 100 Å². The van der Waals surface area contributed by atoms with Gasteiger partial charge in [0.15, 0.2) is 5.04 Å². The molecule has 0 saturated carbocycles. The summed E-state index contributed by atoms with van der Waals surface area (Å²) in [6.45, 7) is 2.43. The van der Waals surface area contributed by atoms with E-state index in [4.69, 9.17) is 16.6 Å². The summed E-state index contributed by atoms with van der Waals surface area (Å²) in [4.78, 5) is 0.0479. The third kappa shape index (κ3) is 2.95. The summed E-state index contributed by atoms with van der Waals surface area (Å²) in [6.07, 6.45) is 0. The lowest BCUT2D eigenvalue weighted by Gasteiger charge is -2.12. The number of aromatic amines is 1. The molecule has 1 aliphatic rings. The third-order valence-electron chi connectivity index (χ3n) is 3.38. The number of hydrogen-bond acceptors (Lipinski definition) is 7. The van der Waals surface area contributed by atoms with Crippen molar-refractivity contribution < 1.29 is 12.8 Å². The second kappa shape index (κ2) is 5.65. The minimum atomic E-state index is -3.64. The van der Waals surface area contributed by atoms with Crippen LogP contribution < -0.4 is 5.43 Å². The molecule has 0 amide bonds. The number of aryl methyl sites for hydroxylation is 1. The van der Waals surface area contributed by atoms with Gasteiger partial charge in [-0.05, 0) is 24.7 Å². The number of nitrogens with zero attached hydrogens (tertiary/aromatic N) is 2. The van der Waals surface area contributed by atoms with Gasteiger partial charge in [0.05, 0.1) is 5.92 Å². The van der Waals surface area contributed by atoms with Crippen LogP contribution in [-0.4, -0.2) is 30.2 Å². The van der Waals surface area contributed by atoms with E-state index in [0.717, 1.165) is 11.1 Å². The molecule has 0 aliphatic carbocycles. The zero-order valence-electron chi connectivity index (χ0n) is 11.7. The molecule has 0 bridgehead atoms. The molecule has 9 heteroatoms. The Bertz CT molecular complexity index is 865. The molecule has 0 radical (unpaired) electrons. The fourth-order valence-corrected chi connectivity index (χ4v) is 3.88. The maximum atomic E-state index is 12.5. The van der Waals surface area contributed by atoms with Crippen molar-refractivity contribution in [1.29, 1.82) is 0 Å². The molecule has 0 spiro atoms. The van der Waals surface area contributed by atoms with Crippen molar-refractivity contribution in [2.45, 2.75) is 18.6 Å². The van der Waals surface area contributed by atoms with Crippen LogP contribution >= 0.6 is 12.2 Å². The molecule has 22 heavy (non-hydrogen) atoms. The first-order chi connectivity index (χ1) is 10.5. The number of aromatic nitrogens is 2. The molecule has 1 aliphatic heterocycles. The first-order valence-corrected chi connectivity index (χ1v) is 8.66. The Morgan fingerprint density at radius 3 is 2.73 bits per heavy atom. The van der Waals surface area contributed by atoms with Gasteiger partial charge in [0, 0.05) is 6.54 Å². The third-order valence-corrected chi connectivity index (χ3v) is 5.19. The highest BCUT2D eigenvalue weighted by Gasteiger charge is 2.34. The Morgan fingerprint density at radius 1 is 1.36 bits per heavy atom. The number of benzene rings is 1. The number of rotatable bonds is 3. The second-order valence-corrected chi connectivity index (χ2v) is 7.35. The highest BCUT2D eigenvalue weighted by atomic mass is 32.2. The lowest BCUT2D eigenvalue weighted by atomic mass is 10.00. The standard InChI is InChI=1S/C13H14N4O3S2/c1-8-2-4-9(5-3-8)10-6-14-16-12(10)22(18,19)7-11-15-17-13(21)20-11/h2-5,10,14H,6-7H2,1H3,(H,17,21)/t10-/m1/s1. The van der Waals surface area contributed by atoms with E-state index in [0.29, 0.717) is 6.54 Å². The van der Waals surface area contributed by atoms with Gasteiger partial charge >= 0.3 is 0 Å². The largest absolute Gasteiger partial charge is 0.413 e. The summed E-state index contributed by atoms with van der Waals surface area (Å²) in [6, 6.07) is 7.73. The molecule has 0 fully saturated rings. The molecule has 2 aromatic rings. The van der Waals surface area contributed by atoms with E-state index in [9.17, 15) is 8.42 Å². The number of nitrogens with one attached hydrogen (secondary N) is 2. The Hall–Kier alpha value is -2.00. The first-order valence-electron chi connectivity index (χ1n) is 6.60. The van der Waals surface area contributed by atoms with Crippen molar-refractivity contribution in [3.05, 3.63) is 46.1 Å². The Balaban J connectivity index is 1.88. The van der Waals surface area contributed by atoms with E-state index in [2.05, 4.69) is 20.7 Å². The van der Waals surface area contributed by atoms with Crippen molar-refractivity contribution in [2.75, 3.05) is 6.54 Å². The minimum Gasteiger partial charge on any atom is -0.413 e. The average molecular weight is 338 g/mol. The molecule has 0 saturated heterocycles. The predicted molar refractivity (Wildman–Crippen MR) is 83.7 cm³/mol. The molecule has 2 heterocycles.